The Morgan fingerprint density at radius 2 is 1.94 bits per heavy atom. The van der Waals surface area contributed by atoms with Gasteiger partial charge < -0.3 is 0 Å². The lowest BCUT2D eigenvalue weighted by atomic mass is 10.3. The zero-order valence-corrected chi connectivity index (χ0v) is 10.5. The molecule has 1 saturated carbocycles. The first-order valence-corrected chi connectivity index (χ1v) is 7.26. The molecule has 1 aromatic carbocycles. The number of rotatable bonds is 4. The van der Waals surface area contributed by atoms with E-state index in [1.165, 1.54) is 12.4 Å². The number of nitrogens with one attached hydrogen (secondary N) is 1. The number of hydrogen-bond donors (Lipinski definition) is 1. The number of aromatic nitrogens is 2. The molecule has 6 heteroatoms. The van der Waals surface area contributed by atoms with Gasteiger partial charge in [-0.25, -0.2) is 17.8 Å². The van der Waals surface area contributed by atoms with Crippen LogP contribution in [0.4, 0.5) is 0 Å². The van der Waals surface area contributed by atoms with Gasteiger partial charge in [-0.15, -0.1) is 0 Å². The lowest BCUT2D eigenvalue weighted by Gasteiger charge is -2.02. The number of sulfonamides is 1. The maximum absolute atomic E-state index is 12.0. The molecule has 1 heterocycles. The van der Waals surface area contributed by atoms with E-state index >= 15 is 0 Å². The van der Waals surface area contributed by atoms with E-state index in [0.717, 1.165) is 18.5 Å². The number of benzene rings is 1. The Hall–Kier alpha value is -1.66. The maximum atomic E-state index is 12.0. The van der Waals surface area contributed by atoms with Crippen molar-refractivity contribution in [2.45, 2.75) is 23.8 Å². The molecular weight excluding hydrogens is 250 g/mol. The molecule has 0 aliphatic heterocycles. The monoisotopic (exact) mass is 263 g/mol. The molecule has 0 atom stereocenters. The molecule has 0 unspecified atom stereocenters. The van der Waals surface area contributed by atoms with Gasteiger partial charge in [0, 0.05) is 6.04 Å². The highest BCUT2D eigenvalue weighted by Gasteiger charge is 2.28. The number of para-hydroxylation sites is 1. The van der Waals surface area contributed by atoms with Crippen LogP contribution in [0.1, 0.15) is 12.8 Å². The van der Waals surface area contributed by atoms with Crippen LogP contribution in [0.5, 0.6) is 0 Å². The summed E-state index contributed by atoms with van der Waals surface area (Å²) in [5, 5.41) is 4.08. The molecule has 0 saturated heterocycles. The third kappa shape index (κ3) is 2.30. The summed E-state index contributed by atoms with van der Waals surface area (Å²) in [7, 11) is -3.42. The van der Waals surface area contributed by atoms with Gasteiger partial charge in [-0.1, -0.05) is 18.2 Å². The van der Waals surface area contributed by atoms with Crippen LogP contribution in [0.2, 0.25) is 0 Å². The summed E-state index contributed by atoms with van der Waals surface area (Å²) >= 11 is 0. The predicted octanol–water partition coefficient (Wildman–Crippen LogP) is 1.31. The van der Waals surface area contributed by atoms with Crippen LogP contribution >= 0.6 is 0 Å². The average Bonchev–Trinajstić information content (AvgIpc) is 3.01. The fraction of sp³-hybridized carbons (Fsp3) is 0.250. The number of nitrogens with zero attached hydrogens (tertiary/aromatic N) is 2. The second-order valence-corrected chi connectivity index (χ2v) is 6.07. The molecule has 5 nitrogen and oxygen atoms in total. The summed E-state index contributed by atoms with van der Waals surface area (Å²) in [6.45, 7) is 0. The first-order valence-electron chi connectivity index (χ1n) is 5.77. The van der Waals surface area contributed by atoms with Crippen molar-refractivity contribution < 1.29 is 8.42 Å². The van der Waals surface area contributed by atoms with Gasteiger partial charge in [-0.3, -0.25) is 0 Å². The van der Waals surface area contributed by atoms with Crippen molar-refractivity contribution in [1.82, 2.24) is 14.5 Å². The van der Waals surface area contributed by atoms with E-state index in [4.69, 9.17) is 0 Å². The Morgan fingerprint density at radius 3 is 2.61 bits per heavy atom. The molecule has 1 fully saturated rings. The minimum Gasteiger partial charge on any atom is -0.240 e. The van der Waals surface area contributed by atoms with Crippen molar-refractivity contribution >= 4 is 10.0 Å². The van der Waals surface area contributed by atoms with Gasteiger partial charge in [0.05, 0.1) is 18.1 Å². The van der Waals surface area contributed by atoms with E-state index in [2.05, 4.69) is 9.82 Å². The first kappa shape index (κ1) is 11.4. The lowest BCUT2D eigenvalue weighted by Crippen LogP contribution is -2.25. The summed E-state index contributed by atoms with van der Waals surface area (Å²) < 4.78 is 28.1. The zero-order chi connectivity index (χ0) is 12.6. The first-order chi connectivity index (χ1) is 8.65. The maximum Gasteiger partial charge on any atom is 0.243 e. The summed E-state index contributed by atoms with van der Waals surface area (Å²) in [4.78, 5) is 0.207. The summed E-state index contributed by atoms with van der Waals surface area (Å²) in [5.41, 5.74) is 0.838. The average molecular weight is 263 g/mol. The zero-order valence-electron chi connectivity index (χ0n) is 9.65. The molecule has 1 aliphatic rings. The summed E-state index contributed by atoms with van der Waals surface area (Å²) in [6, 6.07) is 9.52. The fourth-order valence-corrected chi connectivity index (χ4v) is 2.89. The molecule has 3 rings (SSSR count). The molecule has 0 spiro atoms. The molecule has 2 aromatic rings. The van der Waals surface area contributed by atoms with E-state index in [-0.39, 0.29) is 10.9 Å². The Morgan fingerprint density at radius 1 is 1.22 bits per heavy atom. The Bertz CT molecular complexity index is 645. The SMILES string of the molecule is O=S(=O)(NC1CC1)c1cnn(-c2ccccc2)c1. The van der Waals surface area contributed by atoms with Crippen LogP contribution in [0.25, 0.3) is 5.69 Å². The van der Waals surface area contributed by atoms with Crippen LogP contribution < -0.4 is 4.72 Å². The molecule has 0 bridgehead atoms. The van der Waals surface area contributed by atoms with Gasteiger partial charge in [-0.2, -0.15) is 5.10 Å². The van der Waals surface area contributed by atoms with Crippen molar-refractivity contribution in [3.63, 3.8) is 0 Å². The van der Waals surface area contributed by atoms with Crippen LogP contribution in [0.15, 0.2) is 47.6 Å². The topological polar surface area (TPSA) is 64.0 Å². The molecule has 0 radical (unpaired) electrons. The van der Waals surface area contributed by atoms with E-state index in [1.807, 2.05) is 30.3 Å². The minimum atomic E-state index is -3.42. The quantitative estimate of drug-likeness (QED) is 0.904. The highest BCUT2D eigenvalue weighted by atomic mass is 32.2. The van der Waals surface area contributed by atoms with Crippen molar-refractivity contribution in [2.24, 2.45) is 0 Å². The number of hydrogen-bond acceptors (Lipinski definition) is 3. The largest absolute Gasteiger partial charge is 0.243 e. The van der Waals surface area contributed by atoms with Crippen LogP contribution in [0.3, 0.4) is 0 Å². The normalized spacial score (nSPS) is 15.8. The Kier molecular flexibility index (Phi) is 2.68. The third-order valence-corrected chi connectivity index (χ3v) is 4.26. The fourth-order valence-electron chi connectivity index (χ4n) is 1.66. The minimum absolute atomic E-state index is 0.107. The van der Waals surface area contributed by atoms with E-state index in [0.29, 0.717) is 0 Å². The van der Waals surface area contributed by atoms with Crippen LogP contribution in [0, 0.1) is 0 Å². The Labute approximate surface area is 105 Å². The molecule has 0 amide bonds. The molecule has 1 N–H and O–H groups in total. The second kappa shape index (κ2) is 4.22. The van der Waals surface area contributed by atoms with Crippen molar-refractivity contribution in [2.75, 3.05) is 0 Å². The van der Waals surface area contributed by atoms with Gasteiger partial charge in [0.2, 0.25) is 10.0 Å². The van der Waals surface area contributed by atoms with Gasteiger partial charge >= 0.3 is 0 Å². The molecule has 94 valence electrons. The lowest BCUT2D eigenvalue weighted by molar-refractivity contribution is 0.581. The van der Waals surface area contributed by atoms with E-state index < -0.39 is 10.0 Å². The summed E-state index contributed by atoms with van der Waals surface area (Å²) in [6.07, 6.45) is 4.75. The van der Waals surface area contributed by atoms with Crippen molar-refractivity contribution in [3.05, 3.63) is 42.7 Å². The third-order valence-electron chi connectivity index (χ3n) is 2.79. The highest BCUT2D eigenvalue weighted by Crippen LogP contribution is 2.22. The molecular formula is C12H13N3O2S. The molecule has 1 aromatic heterocycles. The smallest absolute Gasteiger partial charge is 0.240 e. The van der Waals surface area contributed by atoms with Crippen LogP contribution in [-0.2, 0) is 10.0 Å². The second-order valence-electron chi connectivity index (χ2n) is 4.35. The van der Waals surface area contributed by atoms with E-state index in [9.17, 15) is 8.42 Å². The highest BCUT2D eigenvalue weighted by molar-refractivity contribution is 7.89. The van der Waals surface area contributed by atoms with Gasteiger partial charge in [-0.05, 0) is 25.0 Å². The van der Waals surface area contributed by atoms with Gasteiger partial charge in [0.1, 0.15) is 4.90 Å². The molecule has 18 heavy (non-hydrogen) atoms. The van der Waals surface area contributed by atoms with Gasteiger partial charge in [0.25, 0.3) is 0 Å². The van der Waals surface area contributed by atoms with E-state index in [1.54, 1.807) is 4.68 Å². The molecule has 1 aliphatic carbocycles. The van der Waals surface area contributed by atoms with Crippen LogP contribution in [-0.4, -0.2) is 24.2 Å². The summed E-state index contributed by atoms with van der Waals surface area (Å²) in [5.74, 6) is 0. The van der Waals surface area contributed by atoms with Crippen molar-refractivity contribution in [1.29, 1.82) is 0 Å². The van der Waals surface area contributed by atoms with Crippen molar-refractivity contribution in [3.8, 4) is 5.69 Å². The predicted molar refractivity (Wildman–Crippen MR) is 66.9 cm³/mol. The Balaban J connectivity index is 1.89. The van der Waals surface area contributed by atoms with Gasteiger partial charge in [0.15, 0.2) is 0 Å². The standard InChI is InChI=1S/C12H13N3O2S/c16-18(17,14-10-6-7-10)12-8-13-15(9-12)11-4-2-1-3-5-11/h1-5,8-10,14H,6-7H2.